The molecular formula is C22H24N4O. The largest absolute Gasteiger partial charge is 0.366 e. The molecule has 4 rings (SSSR count). The van der Waals surface area contributed by atoms with Crippen molar-refractivity contribution in [3.63, 3.8) is 0 Å². The highest BCUT2D eigenvalue weighted by Crippen LogP contribution is 2.24. The molecule has 138 valence electrons. The lowest BCUT2D eigenvalue weighted by Crippen LogP contribution is -2.30. The molecule has 0 bridgehead atoms. The smallest absolute Gasteiger partial charge is 0.248 e. The molecule has 1 aliphatic heterocycles. The van der Waals surface area contributed by atoms with E-state index in [2.05, 4.69) is 41.1 Å². The van der Waals surface area contributed by atoms with E-state index in [1.165, 1.54) is 16.8 Å². The molecule has 5 nitrogen and oxygen atoms in total. The van der Waals surface area contributed by atoms with Gasteiger partial charge in [0.25, 0.3) is 0 Å². The second-order valence-electron chi connectivity index (χ2n) is 7.04. The van der Waals surface area contributed by atoms with E-state index in [1.807, 2.05) is 12.1 Å². The molecule has 0 spiro atoms. The number of carbonyl (C=O) groups is 1. The maximum absolute atomic E-state index is 11.2. The molecule has 1 amide bonds. The lowest BCUT2D eigenvalue weighted by Gasteiger charge is -2.26. The average molecular weight is 360 g/mol. The van der Waals surface area contributed by atoms with Crippen molar-refractivity contribution in [2.45, 2.75) is 32.9 Å². The van der Waals surface area contributed by atoms with Crippen LogP contribution in [0.4, 0.5) is 0 Å². The lowest BCUT2D eigenvalue weighted by atomic mass is 10.0. The third-order valence-electron chi connectivity index (χ3n) is 5.25. The van der Waals surface area contributed by atoms with Gasteiger partial charge in [0.05, 0.1) is 11.4 Å². The molecule has 0 radical (unpaired) electrons. The molecule has 0 aliphatic carbocycles. The van der Waals surface area contributed by atoms with Crippen LogP contribution in [-0.2, 0) is 25.9 Å². The number of nitrogens with zero attached hydrogens (tertiary/aromatic N) is 2. The van der Waals surface area contributed by atoms with Crippen LogP contribution in [0.5, 0.6) is 0 Å². The van der Waals surface area contributed by atoms with Gasteiger partial charge in [-0.1, -0.05) is 43.3 Å². The normalized spacial score (nSPS) is 14.1. The van der Waals surface area contributed by atoms with E-state index in [1.54, 1.807) is 12.1 Å². The number of aromatic nitrogens is 2. The molecule has 1 aliphatic rings. The van der Waals surface area contributed by atoms with Crippen LogP contribution in [0.15, 0.2) is 48.5 Å². The summed E-state index contributed by atoms with van der Waals surface area (Å²) in [4.78, 5) is 21.9. The summed E-state index contributed by atoms with van der Waals surface area (Å²) in [5, 5.41) is 0. The molecule has 3 aromatic rings. The minimum absolute atomic E-state index is 0.414. The van der Waals surface area contributed by atoms with Crippen molar-refractivity contribution in [2.75, 3.05) is 6.54 Å². The zero-order valence-corrected chi connectivity index (χ0v) is 15.5. The average Bonchev–Trinajstić information content (AvgIpc) is 3.12. The number of nitrogens with two attached hydrogens (primary N) is 1. The molecule has 0 unspecified atom stereocenters. The Balaban J connectivity index is 1.51. The van der Waals surface area contributed by atoms with Gasteiger partial charge < -0.3 is 10.7 Å². The summed E-state index contributed by atoms with van der Waals surface area (Å²) in [6, 6.07) is 15.9. The van der Waals surface area contributed by atoms with Crippen molar-refractivity contribution in [3.05, 3.63) is 76.6 Å². The summed E-state index contributed by atoms with van der Waals surface area (Å²) in [5.74, 6) is 0.440. The molecule has 0 fully saturated rings. The summed E-state index contributed by atoms with van der Waals surface area (Å²) in [6.45, 7) is 5.05. The van der Waals surface area contributed by atoms with Gasteiger partial charge in [0, 0.05) is 37.2 Å². The van der Waals surface area contributed by atoms with Crippen molar-refractivity contribution in [1.29, 1.82) is 0 Å². The van der Waals surface area contributed by atoms with E-state index in [0.29, 0.717) is 5.56 Å². The van der Waals surface area contributed by atoms with Crippen LogP contribution >= 0.6 is 0 Å². The van der Waals surface area contributed by atoms with Crippen LogP contribution < -0.4 is 5.73 Å². The van der Waals surface area contributed by atoms with Crippen molar-refractivity contribution in [3.8, 4) is 11.4 Å². The van der Waals surface area contributed by atoms with Crippen LogP contribution in [0, 0.1) is 0 Å². The van der Waals surface area contributed by atoms with Crippen molar-refractivity contribution in [2.24, 2.45) is 5.73 Å². The Morgan fingerprint density at radius 1 is 1.15 bits per heavy atom. The summed E-state index contributed by atoms with van der Waals surface area (Å²) >= 11 is 0. The molecule has 0 saturated heterocycles. The number of aromatic amines is 1. The number of benzene rings is 2. The second-order valence-corrected chi connectivity index (χ2v) is 7.04. The fourth-order valence-electron chi connectivity index (χ4n) is 3.71. The highest BCUT2D eigenvalue weighted by molar-refractivity contribution is 5.93. The SMILES string of the molecule is CCc1ccccc1CN1CCc2nc(-c3ccc(C(N)=O)cc3)[nH]c2C1. The highest BCUT2D eigenvalue weighted by Gasteiger charge is 2.21. The maximum atomic E-state index is 11.2. The fourth-order valence-corrected chi connectivity index (χ4v) is 3.71. The highest BCUT2D eigenvalue weighted by atomic mass is 16.1. The van der Waals surface area contributed by atoms with Crippen LogP contribution in [-0.4, -0.2) is 27.3 Å². The van der Waals surface area contributed by atoms with Crippen molar-refractivity contribution in [1.82, 2.24) is 14.9 Å². The number of imidazole rings is 1. The predicted molar refractivity (Wildman–Crippen MR) is 106 cm³/mol. The molecule has 5 heteroatoms. The topological polar surface area (TPSA) is 75.0 Å². The Kier molecular flexibility index (Phi) is 4.77. The zero-order valence-electron chi connectivity index (χ0n) is 15.5. The maximum Gasteiger partial charge on any atom is 0.248 e. The van der Waals surface area contributed by atoms with E-state index < -0.39 is 5.91 Å². The number of fused-ring (bicyclic) bond motifs is 1. The van der Waals surface area contributed by atoms with Crippen LogP contribution in [0.25, 0.3) is 11.4 Å². The summed E-state index contributed by atoms with van der Waals surface area (Å²) in [5.41, 5.74) is 11.9. The molecule has 27 heavy (non-hydrogen) atoms. The Labute approximate surface area is 159 Å². The van der Waals surface area contributed by atoms with E-state index in [-0.39, 0.29) is 0 Å². The standard InChI is InChI=1S/C22H24N4O/c1-2-15-5-3-4-6-18(15)13-26-12-11-19-20(14-26)25-22(24-19)17-9-7-16(8-10-17)21(23)27/h3-10H,2,11-14H2,1H3,(H2,23,27)(H,24,25). The third kappa shape index (κ3) is 3.64. The molecule has 2 aromatic carbocycles. The lowest BCUT2D eigenvalue weighted by molar-refractivity contribution is 0.100. The second kappa shape index (κ2) is 7.37. The number of nitrogens with one attached hydrogen (secondary N) is 1. The van der Waals surface area contributed by atoms with Crippen LogP contribution in [0.2, 0.25) is 0 Å². The third-order valence-corrected chi connectivity index (χ3v) is 5.25. The number of rotatable bonds is 5. The predicted octanol–water partition coefficient (Wildman–Crippen LogP) is 3.30. The number of aryl methyl sites for hydroxylation is 1. The number of primary amides is 1. The Morgan fingerprint density at radius 3 is 2.59 bits per heavy atom. The Bertz CT molecular complexity index is 959. The molecular weight excluding hydrogens is 336 g/mol. The molecule has 0 atom stereocenters. The monoisotopic (exact) mass is 360 g/mol. The van der Waals surface area contributed by atoms with Gasteiger partial charge in [-0.25, -0.2) is 4.98 Å². The quantitative estimate of drug-likeness (QED) is 0.733. The number of amides is 1. The van der Waals surface area contributed by atoms with Crippen LogP contribution in [0.3, 0.4) is 0 Å². The van der Waals surface area contributed by atoms with Crippen molar-refractivity contribution >= 4 is 5.91 Å². The van der Waals surface area contributed by atoms with Crippen LogP contribution in [0.1, 0.15) is 39.8 Å². The minimum atomic E-state index is -0.414. The van der Waals surface area contributed by atoms with E-state index in [0.717, 1.165) is 49.6 Å². The van der Waals surface area contributed by atoms with Gasteiger partial charge in [-0.2, -0.15) is 0 Å². The van der Waals surface area contributed by atoms with Crippen molar-refractivity contribution < 1.29 is 4.79 Å². The van der Waals surface area contributed by atoms with Gasteiger partial charge in [-0.3, -0.25) is 9.69 Å². The first-order valence-corrected chi connectivity index (χ1v) is 9.41. The fraction of sp³-hybridized carbons (Fsp3) is 0.273. The Hall–Kier alpha value is -2.92. The number of H-pyrrole nitrogens is 1. The van der Waals surface area contributed by atoms with Gasteiger partial charge in [0.1, 0.15) is 5.82 Å². The summed E-state index contributed by atoms with van der Waals surface area (Å²) < 4.78 is 0. The molecule has 3 N–H and O–H groups in total. The summed E-state index contributed by atoms with van der Waals surface area (Å²) in [7, 11) is 0. The molecule has 0 saturated carbocycles. The van der Waals surface area contributed by atoms with E-state index >= 15 is 0 Å². The molecule has 2 heterocycles. The molecule has 1 aromatic heterocycles. The number of carbonyl (C=O) groups excluding carboxylic acids is 1. The van der Waals surface area contributed by atoms with E-state index in [9.17, 15) is 4.79 Å². The van der Waals surface area contributed by atoms with Gasteiger partial charge >= 0.3 is 0 Å². The van der Waals surface area contributed by atoms with Gasteiger partial charge in [0.15, 0.2) is 0 Å². The first kappa shape index (κ1) is 17.5. The first-order chi connectivity index (χ1) is 13.1. The van der Waals surface area contributed by atoms with Gasteiger partial charge in [-0.15, -0.1) is 0 Å². The zero-order chi connectivity index (χ0) is 18.8. The summed E-state index contributed by atoms with van der Waals surface area (Å²) in [6.07, 6.45) is 2.00. The van der Waals surface area contributed by atoms with Gasteiger partial charge in [-0.05, 0) is 29.7 Å². The Morgan fingerprint density at radius 2 is 1.89 bits per heavy atom. The first-order valence-electron chi connectivity index (χ1n) is 9.41. The van der Waals surface area contributed by atoms with Gasteiger partial charge in [0.2, 0.25) is 5.91 Å². The minimum Gasteiger partial charge on any atom is -0.366 e. The number of hydrogen-bond donors (Lipinski definition) is 2. The number of hydrogen-bond acceptors (Lipinski definition) is 3. The van der Waals surface area contributed by atoms with E-state index in [4.69, 9.17) is 10.7 Å².